The van der Waals surface area contributed by atoms with E-state index in [1.165, 1.54) is 23.6 Å². The first-order valence-corrected chi connectivity index (χ1v) is 11.6. The molecule has 0 amide bonds. The highest BCUT2D eigenvalue weighted by atomic mass is 19.4. The van der Waals surface area contributed by atoms with E-state index in [0.29, 0.717) is 41.4 Å². The molecule has 3 aliphatic heterocycles. The normalized spacial score (nSPS) is 14.7. The number of aryl methyl sites for hydroxylation is 2. The van der Waals surface area contributed by atoms with Gasteiger partial charge in [-0.3, -0.25) is 9.79 Å². The zero-order valence-corrected chi connectivity index (χ0v) is 20.3. The minimum absolute atomic E-state index is 0.114. The van der Waals surface area contributed by atoms with Crippen LogP contribution < -0.4 is 16.4 Å². The topological polar surface area (TPSA) is 77.1 Å². The van der Waals surface area contributed by atoms with Gasteiger partial charge in [0.25, 0.3) is 0 Å². The molecular weight excluding hydrogens is 469 g/mol. The summed E-state index contributed by atoms with van der Waals surface area (Å²) in [7, 11) is 1.69. The van der Waals surface area contributed by atoms with Crippen LogP contribution in [-0.4, -0.2) is 25.6 Å². The van der Waals surface area contributed by atoms with Gasteiger partial charge < -0.3 is 14.5 Å². The average molecular weight is 495 g/mol. The van der Waals surface area contributed by atoms with E-state index in [1.54, 1.807) is 39.2 Å². The number of alkyl halides is 3. The smallest absolute Gasteiger partial charge is 0.369 e. The molecule has 3 aliphatic rings. The van der Waals surface area contributed by atoms with Crippen molar-refractivity contribution in [1.29, 1.82) is 0 Å². The van der Waals surface area contributed by atoms with Crippen LogP contribution in [0.25, 0.3) is 22.5 Å². The Labute approximate surface area is 205 Å². The quantitative estimate of drug-likeness (QED) is 0.456. The van der Waals surface area contributed by atoms with E-state index < -0.39 is 17.8 Å². The number of benzene rings is 1. The lowest BCUT2D eigenvalue weighted by molar-refractivity contribution is -0.138. The molecule has 1 atom stereocenters. The van der Waals surface area contributed by atoms with Crippen molar-refractivity contribution >= 4 is 5.82 Å². The molecule has 1 aromatic carbocycles. The number of halogens is 3. The monoisotopic (exact) mass is 494 g/mol. The van der Waals surface area contributed by atoms with Gasteiger partial charge in [-0.2, -0.15) is 13.2 Å². The van der Waals surface area contributed by atoms with E-state index in [1.807, 2.05) is 6.07 Å². The molecular formula is C26H25F3N6O. The zero-order valence-electron chi connectivity index (χ0n) is 20.3. The van der Waals surface area contributed by atoms with Crippen LogP contribution in [0.15, 0.2) is 52.4 Å². The molecule has 0 saturated heterocycles. The molecule has 36 heavy (non-hydrogen) atoms. The summed E-state index contributed by atoms with van der Waals surface area (Å²) >= 11 is 0. The van der Waals surface area contributed by atoms with Crippen molar-refractivity contribution in [3.05, 3.63) is 81.0 Å². The van der Waals surface area contributed by atoms with Crippen LogP contribution in [-0.2, 0) is 19.8 Å². The third-order valence-electron chi connectivity index (χ3n) is 6.56. The van der Waals surface area contributed by atoms with Gasteiger partial charge in [0.1, 0.15) is 17.5 Å². The molecule has 2 aromatic rings. The molecule has 1 aromatic heterocycles. The largest absolute Gasteiger partial charge is 0.416 e. The van der Waals surface area contributed by atoms with Crippen LogP contribution in [0.5, 0.6) is 0 Å². The Bertz CT molecular complexity index is 1580. The third-order valence-corrected chi connectivity index (χ3v) is 6.56. The third kappa shape index (κ3) is 4.06. The van der Waals surface area contributed by atoms with Gasteiger partial charge in [-0.1, -0.05) is 12.1 Å². The highest BCUT2D eigenvalue weighted by Gasteiger charge is 2.33. The molecule has 4 heterocycles. The number of hydrogen-bond acceptors (Lipinski definition) is 5. The van der Waals surface area contributed by atoms with Crippen molar-refractivity contribution in [3.8, 4) is 22.5 Å². The molecule has 1 N–H and O–H groups in total. The molecule has 0 spiro atoms. The maximum absolute atomic E-state index is 13.5. The Morgan fingerprint density at radius 2 is 1.89 bits per heavy atom. The molecule has 0 unspecified atom stereocenters. The second-order valence-electron chi connectivity index (χ2n) is 9.01. The van der Waals surface area contributed by atoms with Crippen molar-refractivity contribution in [2.45, 2.75) is 39.5 Å². The van der Waals surface area contributed by atoms with Gasteiger partial charge in [-0.05, 0) is 50.1 Å². The fraction of sp³-hybridized carbons (Fsp3) is 0.308. The summed E-state index contributed by atoms with van der Waals surface area (Å²) in [5.74, 6) is 2.10. The first-order valence-electron chi connectivity index (χ1n) is 11.6. The summed E-state index contributed by atoms with van der Waals surface area (Å²) in [6.45, 7) is 6.41. The van der Waals surface area contributed by atoms with Gasteiger partial charge in [-0.15, -0.1) is 0 Å². The van der Waals surface area contributed by atoms with Crippen molar-refractivity contribution in [1.82, 2.24) is 19.1 Å². The number of anilines is 1. The van der Waals surface area contributed by atoms with Crippen LogP contribution in [0.4, 0.5) is 19.0 Å². The zero-order chi connectivity index (χ0) is 25.8. The Morgan fingerprint density at radius 1 is 1.11 bits per heavy atom. The molecule has 5 rings (SSSR count). The SMILES string of the molecule is Cc1nc2n3c(c(-c4ccc(=O)n(C)c4)cc-2c(=N[C@H](C)c2cccc(C(F)(F)F)c2C)n1)NCC3. The van der Waals surface area contributed by atoms with E-state index in [0.717, 1.165) is 23.0 Å². The minimum Gasteiger partial charge on any atom is -0.369 e. The lowest BCUT2D eigenvalue weighted by Gasteiger charge is -2.19. The van der Waals surface area contributed by atoms with Crippen molar-refractivity contribution in [2.75, 3.05) is 11.9 Å². The summed E-state index contributed by atoms with van der Waals surface area (Å²) in [5, 5.41) is 3.40. The fourth-order valence-corrected chi connectivity index (χ4v) is 4.78. The summed E-state index contributed by atoms with van der Waals surface area (Å²) < 4.78 is 44.0. The predicted octanol–water partition coefficient (Wildman–Crippen LogP) is 4.47. The van der Waals surface area contributed by atoms with Gasteiger partial charge in [0.05, 0.1) is 17.2 Å². The first kappa shape index (κ1) is 23.8. The van der Waals surface area contributed by atoms with Crippen LogP contribution in [0.2, 0.25) is 0 Å². The molecule has 0 radical (unpaired) electrons. The lowest BCUT2D eigenvalue weighted by Crippen LogP contribution is -2.21. The summed E-state index contributed by atoms with van der Waals surface area (Å²) in [6.07, 6.45) is -2.67. The van der Waals surface area contributed by atoms with Gasteiger partial charge in [0.2, 0.25) is 5.56 Å². The van der Waals surface area contributed by atoms with Crippen molar-refractivity contribution in [2.24, 2.45) is 12.0 Å². The predicted molar refractivity (Wildman–Crippen MR) is 131 cm³/mol. The molecule has 10 heteroatoms. The molecule has 0 saturated carbocycles. The summed E-state index contributed by atoms with van der Waals surface area (Å²) in [4.78, 5) is 26.0. The Kier molecular flexibility index (Phi) is 5.69. The number of rotatable bonds is 3. The minimum atomic E-state index is -4.44. The number of aromatic nitrogens is 4. The van der Waals surface area contributed by atoms with E-state index in [2.05, 4.69) is 19.9 Å². The van der Waals surface area contributed by atoms with Crippen LogP contribution in [0.1, 0.15) is 35.5 Å². The molecule has 0 bridgehead atoms. The Balaban J connectivity index is 1.73. The molecule has 0 fully saturated rings. The van der Waals surface area contributed by atoms with Crippen molar-refractivity contribution < 1.29 is 13.2 Å². The van der Waals surface area contributed by atoms with E-state index in [4.69, 9.17) is 4.99 Å². The molecule has 7 nitrogen and oxygen atoms in total. The van der Waals surface area contributed by atoms with E-state index in [-0.39, 0.29) is 11.1 Å². The number of nitrogens with one attached hydrogen (secondary N) is 1. The molecule has 186 valence electrons. The van der Waals surface area contributed by atoms with E-state index in [9.17, 15) is 18.0 Å². The lowest BCUT2D eigenvalue weighted by atomic mass is 9.97. The van der Waals surface area contributed by atoms with Crippen molar-refractivity contribution in [3.63, 3.8) is 0 Å². The number of pyridine rings is 2. The highest BCUT2D eigenvalue weighted by molar-refractivity contribution is 5.81. The fourth-order valence-electron chi connectivity index (χ4n) is 4.78. The summed E-state index contributed by atoms with van der Waals surface area (Å²) in [5.41, 5.74) is 2.67. The maximum atomic E-state index is 13.5. The maximum Gasteiger partial charge on any atom is 0.416 e. The van der Waals surface area contributed by atoms with Gasteiger partial charge in [0.15, 0.2) is 5.49 Å². The molecule has 0 aliphatic carbocycles. The standard InChI is InChI=1S/C26H25F3N6O/c1-14-18(6-5-7-21(14)26(27,28)29)15(2)31-23-20-12-19(17-8-9-22(36)34(4)13-17)24-30-10-11-35(24)25(20)33-16(3)32-23/h5-9,12-13,15,30H,10-11H2,1-4H3/t15-/m1/s1. The van der Waals surface area contributed by atoms with Gasteiger partial charge in [0, 0.05) is 43.5 Å². The Hall–Kier alpha value is -3.95. The van der Waals surface area contributed by atoms with Crippen LogP contribution in [0, 0.1) is 13.8 Å². The summed E-state index contributed by atoms with van der Waals surface area (Å²) in [6, 6.07) is 8.81. The Morgan fingerprint density at radius 3 is 2.61 bits per heavy atom. The van der Waals surface area contributed by atoms with Gasteiger partial charge >= 0.3 is 6.18 Å². The van der Waals surface area contributed by atoms with Crippen LogP contribution >= 0.6 is 0 Å². The van der Waals surface area contributed by atoms with Crippen LogP contribution in [0.3, 0.4) is 0 Å². The number of nitrogens with zero attached hydrogens (tertiary/aromatic N) is 5. The second-order valence-corrected chi connectivity index (χ2v) is 9.01. The average Bonchev–Trinajstić information content (AvgIpc) is 3.30. The van der Waals surface area contributed by atoms with Gasteiger partial charge in [-0.25, -0.2) is 9.97 Å². The number of hydrogen-bond donors (Lipinski definition) is 1. The highest BCUT2D eigenvalue weighted by Crippen LogP contribution is 2.37. The van der Waals surface area contributed by atoms with E-state index >= 15 is 0 Å². The number of fused-ring (bicyclic) bond motifs is 3. The first-order chi connectivity index (χ1) is 17.0. The second kappa shape index (κ2) is 8.61.